The Labute approximate surface area is 128 Å². The van der Waals surface area contributed by atoms with E-state index in [1.807, 2.05) is 0 Å². The average molecular weight is 288 g/mol. The fourth-order valence-corrected chi connectivity index (χ4v) is 3.34. The highest BCUT2D eigenvalue weighted by atomic mass is 15.5. The molecule has 116 valence electrons. The second-order valence-electron chi connectivity index (χ2n) is 6.48. The van der Waals surface area contributed by atoms with Gasteiger partial charge in [-0.15, -0.1) is 0 Å². The molecule has 2 saturated heterocycles. The van der Waals surface area contributed by atoms with Crippen LogP contribution in [0.5, 0.6) is 0 Å². The molecule has 4 heteroatoms. The summed E-state index contributed by atoms with van der Waals surface area (Å²) in [7, 11) is 2.21. The van der Waals surface area contributed by atoms with Gasteiger partial charge in [0.25, 0.3) is 0 Å². The fraction of sp³-hybridized carbons (Fsp3) is 0.647. The molecule has 1 aromatic carbocycles. The van der Waals surface area contributed by atoms with Crippen LogP contribution in [0.2, 0.25) is 0 Å². The maximum absolute atomic E-state index is 3.76. The van der Waals surface area contributed by atoms with Crippen molar-refractivity contribution in [2.45, 2.75) is 25.4 Å². The molecule has 1 atom stereocenters. The Balaban J connectivity index is 1.47. The molecule has 1 aromatic rings. The van der Waals surface area contributed by atoms with Crippen LogP contribution in [0.1, 0.15) is 18.4 Å². The SMILES string of the molecule is CN1CCN(NC2CCCN(Cc3ccccc3)C2)CC1. The van der Waals surface area contributed by atoms with Crippen molar-refractivity contribution in [1.82, 2.24) is 20.2 Å². The number of hydrogen-bond acceptors (Lipinski definition) is 4. The zero-order valence-electron chi connectivity index (χ0n) is 13.2. The molecule has 0 spiro atoms. The first-order valence-electron chi connectivity index (χ1n) is 8.25. The van der Waals surface area contributed by atoms with Crippen LogP contribution in [0.3, 0.4) is 0 Å². The number of piperidine rings is 1. The molecule has 2 heterocycles. The van der Waals surface area contributed by atoms with Crippen molar-refractivity contribution in [1.29, 1.82) is 0 Å². The smallest absolute Gasteiger partial charge is 0.0343 e. The average Bonchev–Trinajstić information content (AvgIpc) is 2.51. The lowest BCUT2D eigenvalue weighted by atomic mass is 10.1. The molecular formula is C17H28N4. The normalized spacial score (nSPS) is 26.0. The Bertz CT molecular complexity index is 414. The lowest BCUT2D eigenvalue weighted by Crippen LogP contribution is -2.57. The topological polar surface area (TPSA) is 21.8 Å². The van der Waals surface area contributed by atoms with Gasteiger partial charge in [0.1, 0.15) is 0 Å². The van der Waals surface area contributed by atoms with E-state index in [0.29, 0.717) is 6.04 Å². The summed E-state index contributed by atoms with van der Waals surface area (Å²) in [5.41, 5.74) is 5.19. The van der Waals surface area contributed by atoms with E-state index in [2.05, 4.69) is 57.6 Å². The van der Waals surface area contributed by atoms with Gasteiger partial charge in [0.05, 0.1) is 0 Å². The van der Waals surface area contributed by atoms with E-state index in [-0.39, 0.29) is 0 Å². The minimum absolute atomic E-state index is 0.617. The third-order valence-corrected chi connectivity index (χ3v) is 4.62. The first-order chi connectivity index (χ1) is 10.3. The van der Waals surface area contributed by atoms with E-state index in [1.165, 1.54) is 44.6 Å². The summed E-state index contributed by atoms with van der Waals surface area (Å²) in [4.78, 5) is 4.99. The van der Waals surface area contributed by atoms with Gasteiger partial charge in [-0.05, 0) is 32.0 Å². The van der Waals surface area contributed by atoms with Crippen molar-refractivity contribution in [3.05, 3.63) is 35.9 Å². The highest BCUT2D eigenvalue weighted by Crippen LogP contribution is 2.14. The monoisotopic (exact) mass is 288 g/mol. The lowest BCUT2D eigenvalue weighted by Gasteiger charge is -2.39. The molecule has 0 saturated carbocycles. The second kappa shape index (κ2) is 7.36. The molecule has 4 nitrogen and oxygen atoms in total. The van der Waals surface area contributed by atoms with Gasteiger partial charge in [0.15, 0.2) is 0 Å². The summed E-state index contributed by atoms with van der Waals surface area (Å²) in [6.07, 6.45) is 2.61. The Morgan fingerprint density at radius 2 is 1.81 bits per heavy atom. The molecule has 0 radical (unpaired) electrons. The summed E-state index contributed by atoms with van der Waals surface area (Å²) in [6.45, 7) is 8.12. The van der Waals surface area contributed by atoms with Crippen LogP contribution < -0.4 is 5.43 Å². The minimum atomic E-state index is 0.617. The quantitative estimate of drug-likeness (QED) is 0.904. The number of nitrogens with zero attached hydrogens (tertiary/aromatic N) is 3. The van der Waals surface area contributed by atoms with Gasteiger partial charge in [-0.1, -0.05) is 30.3 Å². The molecule has 0 aliphatic carbocycles. The fourth-order valence-electron chi connectivity index (χ4n) is 3.34. The molecule has 2 aliphatic rings. The molecule has 1 N–H and O–H groups in total. The van der Waals surface area contributed by atoms with Crippen LogP contribution in [-0.2, 0) is 6.54 Å². The zero-order chi connectivity index (χ0) is 14.5. The van der Waals surface area contributed by atoms with Crippen molar-refractivity contribution in [2.24, 2.45) is 0 Å². The third kappa shape index (κ3) is 4.51. The molecule has 1 unspecified atom stereocenters. The van der Waals surface area contributed by atoms with Crippen LogP contribution >= 0.6 is 0 Å². The van der Waals surface area contributed by atoms with Gasteiger partial charge in [-0.2, -0.15) is 0 Å². The summed E-state index contributed by atoms with van der Waals surface area (Å²) in [5.74, 6) is 0. The summed E-state index contributed by atoms with van der Waals surface area (Å²) in [5, 5.41) is 2.43. The number of hydrazine groups is 1. The number of likely N-dealkylation sites (tertiary alicyclic amines) is 1. The van der Waals surface area contributed by atoms with Crippen LogP contribution in [0.15, 0.2) is 30.3 Å². The van der Waals surface area contributed by atoms with Gasteiger partial charge in [0.2, 0.25) is 0 Å². The number of piperazine rings is 1. The number of rotatable bonds is 4. The standard InChI is InChI=1S/C17H28N4/c1-19-10-12-21(13-11-19)18-17-8-5-9-20(15-17)14-16-6-3-2-4-7-16/h2-4,6-7,17-18H,5,8-15H2,1H3. The number of benzene rings is 1. The second-order valence-corrected chi connectivity index (χ2v) is 6.48. The van der Waals surface area contributed by atoms with Gasteiger partial charge in [-0.25, -0.2) is 5.01 Å². The van der Waals surface area contributed by atoms with E-state index in [9.17, 15) is 0 Å². The molecule has 0 amide bonds. The van der Waals surface area contributed by atoms with Crippen molar-refractivity contribution in [2.75, 3.05) is 46.3 Å². The highest BCUT2D eigenvalue weighted by Gasteiger charge is 2.23. The van der Waals surface area contributed by atoms with Gasteiger partial charge in [-0.3, -0.25) is 10.3 Å². The van der Waals surface area contributed by atoms with E-state index in [4.69, 9.17) is 0 Å². The van der Waals surface area contributed by atoms with Gasteiger partial charge < -0.3 is 4.90 Å². The summed E-state index contributed by atoms with van der Waals surface area (Å²) < 4.78 is 0. The zero-order valence-corrected chi connectivity index (χ0v) is 13.2. The molecule has 0 aromatic heterocycles. The van der Waals surface area contributed by atoms with E-state index in [0.717, 1.165) is 19.6 Å². The molecule has 2 fully saturated rings. The van der Waals surface area contributed by atoms with Crippen LogP contribution in [0, 0.1) is 0 Å². The Hall–Kier alpha value is -0.940. The Morgan fingerprint density at radius 1 is 1.05 bits per heavy atom. The lowest BCUT2D eigenvalue weighted by molar-refractivity contribution is 0.0608. The molecule has 21 heavy (non-hydrogen) atoms. The predicted molar refractivity (Wildman–Crippen MR) is 86.9 cm³/mol. The van der Waals surface area contributed by atoms with E-state index >= 15 is 0 Å². The Morgan fingerprint density at radius 3 is 2.57 bits per heavy atom. The van der Waals surface area contributed by atoms with Crippen LogP contribution in [0.4, 0.5) is 0 Å². The van der Waals surface area contributed by atoms with Crippen molar-refractivity contribution in [3.63, 3.8) is 0 Å². The maximum Gasteiger partial charge on any atom is 0.0343 e. The van der Waals surface area contributed by atoms with Crippen molar-refractivity contribution in [3.8, 4) is 0 Å². The molecule has 2 aliphatic heterocycles. The van der Waals surface area contributed by atoms with Gasteiger partial charge >= 0.3 is 0 Å². The van der Waals surface area contributed by atoms with Gasteiger partial charge in [0, 0.05) is 45.3 Å². The molecule has 0 bridgehead atoms. The largest absolute Gasteiger partial charge is 0.304 e. The number of likely N-dealkylation sites (N-methyl/N-ethyl adjacent to an activating group) is 1. The number of nitrogens with one attached hydrogen (secondary N) is 1. The minimum Gasteiger partial charge on any atom is -0.304 e. The Kier molecular flexibility index (Phi) is 5.25. The van der Waals surface area contributed by atoms with Crippen LogP contribution in [-0.4, -0.2) is 67.2 Å². The third-order valence-electron chi connectivity index (χ3n) is 4.62. The number of hydrogen-bond donors (Lipinski definition) is 1. The van der Waals surface area contributed by atoms with E-state index < -0.39 is 0 Å². The van der Waals surface area contributed by atoms with Crippen molar-refractivity contribution >= 4 is 0 Å². The first kappa shape index (κ1) is 15.0. The molecular weight excluding hydrogens is 260 g/mol. The summed E-state index contributed by atoms with van der Waals surface area (Å²) in [6, 6.07) is 11.5. The first-order valence-corrected chi connectivity index (χ1v) is 8.25. The van der Waals surface area contributed by atoms with Crippen LogP contribution in [0.25, 0.3) is 0 Å². The predicted octanol–water partition coefficient (Wildman–Crippen LogP) is 1.40. The highest BCUT2D eigenvalue weighted by molar-refractivity contribution is 5.14. The van der Waals surface area contributed by atoms with E-state index in [1.54, 1.807) is 0 Å². The molecule has 3 rings (SSSR count). The summed E-state index contributed by atoms with van der Waals surface area (Å²) >= 11 is 0. The van der Waals surface area contributed by atoms with Crippen molar-refractivity contribution < 1.29 is 0 Å². The maximum atomic E-state index is 3.76.